The van der Waals surface area contributed by atoms with Gasteiger partial charge in [-0.2, -0.15) is 0 Å². The van der Waals surface area contributed by atoms with Gasteiger partial charge in [0, 0.05) is 17.2 Å². The number of hydrogen-bond donors (Lipinski definition) is 1. The van der Waals surface area contributed by atoms with E-state index in [-0.39, 0.29) is 11.0 Å². The summed E-state index contributed by atoms with van der Waals surface area (Å²) in [5.74, 6) is 0.493. The molecule has 0 bridgehead atoms. The van der Waals surface area contributed by atoms with Crippen molar-refractivity contribution in [2.45, 2.75) is 46.0 Å². The van der Waals surface area contributed by atoms with Crippen molar-refractivity contribution in [3.63, 3.8) is 0 Å². The summed E-state index contributed by atoms with van der Waals surface area (Å²) in [4.78, 5) is 25.3. The molecule has 144 valence electrons. The van der Waals surface area contributed by atoms with E-state index in [1.807, 2.05) is 43.3 Å². The lowest BCUT2D eigenvalue weighted by Gasteiger charge is -2.07. The van der Waals surface area contributed by atoms with Gasteiger partial charge in [0.1, 0.15) is 11.1 Å². The molecule has 4 rings (SSSR count). The Morgan fingerprint density at radius 2 is 1.89 bits per heavy atom. The minimum absolute atomic E-state index is 0.00689. The molecular weight excluding hydrogens is 352 g/mol. The fourth-order valence-corrected chi connectivity index (χ4v) is 3.61. The molecule has 0 amide bonds. The maximum atomic E-state index is 12.9. The van der Waals surface area contributed by atoms with Crippen LogP contribution in [0.1, 0.15) is 43.7 Å². The van der Waals surface area contributed by atoms with Crippen molar-refractivity contribution in [3.05, 3.63) is 74.2 Å². The van der Waals surface area contributed by atoms with Crippen LogP contribution in [0.25, 0.3) is 28.1 Å². The van der Waals surface area contributed by atoms with E-state index in [0.29, 0.717) is 16.9 Å². The second-order valence-electron chi connectivity index (χ2n) is 7.39. The first kappa shape index (κ1) is 18.3. The molecule has 2 aromatic rings. The molecule has 0 atom stereocenters. The highest BCUT2D eigenvalue weighted by Gasteiger charge is 2.16. The van der Waals surface area contributed by atoms with Crippen molar-refractivity contribution >= 4 is 11.1 Å². The van der Waals surface area contributed by atoms with E-state index in [9.17, 15) is 9.59 Å². The summed E-state index contributed by atoms with van der Waals surface area (Å²) in [6.45, 7) is 4.15. The van der Waals surface area contributed by atoms with Gasteiger partial charge in [0.2, 0.25) is 5.71 Å². The predicted octanol–water partition coefficient (Wildman–Crippen LogP) is 4.81. The van der Waals surface area contributed by atoms with Crippen molar-refractivity contribution in [2.24, 2.45) is 0 Å². The molecule has 1 aromatic heterocycles. The standard InChI is InChI=1S/C23H24N2O3/c1-3-4-5-6-9-16-12-17-13-19-22(28-21(17)14-20(16)26)24-25(23(19)27)18-10-7-8-15(2)11-18/h7-8,10-14,24H,3-6,9H2,1-2H3. The predicted molar refractivity (Wildman–Crippen MR) is 112 cm³/mol. The van der Waals surface area contributed by atoms with Gasteiger partial charge in [0.05, 0.1) is 5.69 Å². The molecule has 0 radical (unpaired) electrons. The third-order valence-electron chi connectivity index (χ3n) is 5.16. The Bertz CT molecular complexity index is 1210. The summed E-state index contributed by atoms with van der Waals surface area (Å²) in [7, 11) is 0. The number of H-pyrrole nitrogens is 1. The number of unbranched alkanes of at least 4 members (excludes halogenated alkanes) is 3. The number of nitrogens with zero attached hydrogens (tertiary/aromatic N) is 1. The van der Waals surface area contributed by atoms with E-state index in [1.165, 1.54) is 23.6 Å². The Morgan fingerprint density at radius 1 is 1.04 bits per heavy atom. The highest BCUT2D eigenvalue weighted by molar-refractivity contribution is 5.80. The lowest BCUT2D eigenvalue weighted by Crippen LogP contribution is -2.14. The molecular formula is C23H24N2O3. The van der Waals surface area contributed by atoms with Crippen LogP contribution in [0.3, 0.4) is 0 Å². The smallest absolute Gasteiger partial charge is 0.282 e. The van der Waals surface area contributed by atoms with Crippen molar-refractivity contribution in [1.82, 2.24) is 9.78 Å². The average Bonchev–Trinajstić information content (AvgIpc) is 3.00. The highest BCUT2D eigenvalue weighted by atomic mass is 16.3. The van der Waals surface area contributed by atoms with Gasteiger partial charge in [-0.15, -0.1) is 0 Å². The van der Waals surface area contributed by atoms with E-state index < -0.39 is 0 Å². The largest absolute Gasteiger partial charge is 0.438 e. The first-order chi connectivity index (χ1) is 13.6. The van der Waals surface area contributed by atoms with Crippen molar-refractivity contribution in [2.75, 3.05) is 0 Å². The Kier molecular flexibility index (Phi) is 4.90. The first-order valence-corrected chi connectivity index (χ1v) is 9.85. The molecule has 1 aliphatic carbocycles. The van der Waals surface area contributed by atoms with E-state index in [1.54, 1.807) is 0 Å². The van der Waals surface area contributed by atoms with Crippen LogP contribution in [0, 0.1) is 6.92 Å². The molecule has 0 spiro atoms. The van der Waals surface area contributed by atoms with E-state index in [4.69, 9.17) is 4.42 Å². The SMILES string of the molecule is CCCCCCc1cc2cc3c(=O)n(-c4cccc(C)c4)[nH]c3oc-2cc1=O. The second kappa shape index (κ2) is 7.50. The van der Waals surface area contributed by atoms with Crippen molar-refractivity contribution in [3.8, 4) is 17.0 Å². The Balaban J connectivity index is 1.78. The molecule has 2 aliphatic rings. The van der Waals surface area contributed by atoms with Gasteiger partial charge >= 0.3 is 0 Å². The number of aryl methyl sites for hydroxylation is 2. The van der Waals surface area contributed by atoms with E-state index >= 15 is 0 Å². The van der Waals surface area contributed by atoms with Crippen LogP contribution in [0.2, 0.25) is 0 Å². The Labute approximate surface area is 162 Å². The Hall–Kier alpha value is -3.08. The van der Waals surface area contributed by atoms with Crippen LogP contribution in [0.4, 0.5) is 0 Å². The number of hydrogen-bond acceptors (Lipinski definition) is 3. The summed E-state index contributed by atoms with van der Waals surface area (Å²) >= 11 is 0. The fraction of sp³-hybridized carbons (Fsp3) is 0.304. The van der Waals surface area contributed by atoms with Crippen LogP contribution in [-0.4, -0.2) is 9.78 Å². The van der Waals surface area contributed by atoms with Crippen molar-refractivity contribution < 1.29 is 4.42 Å². The van der Waals surface area contributed by atoms with Gasteiger partial charge in [0.25, 0.3) is 5.56 Å². The summed E-state index contributed by atoms with van der Waals surface area (Å²) < 4.78 is 7.34. The zero-order valence-electron chi connectivity index (χ0n) is 16.2. The van der Waals surface area contributed by atoms with E-state index in [0.717, 1.165) is 41.6 Å². The maximum Gasteiger partial charge on any atom is 0.282 e. The first-order valence-electron chi connectivity index (χ1n) is 9.85. The number of aromatic amines is 1. The number of rotatable bonds is 6. The lowest BCUT2D eigenvalue weighted by atomic mass is 10.0. The van der Waals surface area contributed by atoms with Gasteiger partial charge in [-0.05, 0) is 49.6 Å². The van der Waals surface area contributed by atoms with E-state index in [2.05, 4.69) is 12.0 Å². The molecule has 2 heterocycles. The quantitative estimate of drug-likeness (QED) is 0.491. The minimum atomic E-state index is -0.165. The molecule has 5 heteroatoms. The fourth-order valence-electron chi connectivity index (χ4n) is 3.61. The zero-order chi connectivity index (χ0) is 19.7. The molecule has 1 N–H and O–H groups in total. The molecule has 5 nitrogen and oxygen atoms in total. The van der Waals surface area contributed by atoms with Crippen LogP contribution in [0.5, 0.6) is 0 Å². The average molecular weight is 376 g/mol. The van der Waals surface area contributed by atoms with Crippen LogP contribution < -0.4 is 11.0 Å². The summed E-state index contributed by atoms with van der Waals surface area (Å²) in [6, 6.07) is 12.9. The van der Waals surface area contributed by atoms with Crippen LogP contribution in [0.15, 0.2) is 56.5 Å². The number of fused-ring (bicyclic) bond motifs is 2. The molecule has 0 saturated heterocycles. The molecule has 28 heavy (non-hydrogen) atoms. The molecule has 1 aromatic carbocycles. The summed E-state index contributed by atoms with van der Waals surface area (Å²) in [5, 5.41) is 3.49. The second-order valence-corrected chi connectivity index (χ2v) is 7.39. The van der Waals surface area contributed by atoms with Gasteiger partial charge in [-0.25, -0.2) is 4.68 Å². The molecule has 0 fully saturated rings. The number of benzene rings is 2. The zero-order valence-corrected chi connectivity index (χ0v) is 16.2. The third kappa shape index (κ3) is 3.40. The topological polar surface area (TPSA) is 68.0 Å². The van der Waals surface area contributed by atoms with Crippen LogP contribution >= 0.6 is 0 Å². The minimum Gasteiger partial charge on any atom is -0.438 e. The summed E-state index contributed by atoms with van der Waals surface area (Å²) in [5.41, 5.74) is 3.58. The van der Waals surface area contributed by atoms with Crippen LogP contribution in [-0.2, 0) is 6.42 Å². The molecule has 0 saturated carbocycles. The van der Waals surface area contributed by atoms with Gasteiger partial charge in [-0.3, -0.25) is 14.7 Å². The maximum absolute atomic E-state index is 12.9. The van der Waals surface area contributed by atoms with Crippen molar-refractivity contribution in [1.29, 1.82) is 0 Å². The van der Waals surface area contributed by atoms with Gasteiger partial charge in [0.15, 0.2) is 5.43 Å². The third-order valence-corrected chi connectivity index (χ3v) is 5.16. The molecule has 0 unspecified atom stereocenters. The summed E-state index contributed by atoms with van der Waals surface area (Å²) in [6.07, 6.45) is 5.22. The molecule has 1 aliphatic heterocycles. The lowest BCUT2D eigenvalue weighted by molar-refractivity contribution is 0.597. The Morgan fingerprint density at radius 3 is 2.68 bits per heavy atom. The normalized spacial score (nSPS) is 11.5. The number of nitrogens with one attached hydrogen (secondary N) is 1. The van der Waals surface area contributed by atoms with Gasteiger partial charge in [-0.1, -0.05) is 38.3 Å². The number of aromatic nitrogens is 2. The monoisotopic (exact) mass is 376 g/mol. The highest BCUT2D eigenvalue weighted by Crippen LogP contribution is 2.26. The van der Waals surface area contributed by atoms with Gasteiger partial charge < -0.3 is 4.42 Å².